The van der Waals surface area contributed by atoms with Crippen LogP contribution in [0.2, 0.25) is 0 Å². The number of nitrogens with zero attached hydrogens (tertiary/aromatic N) is 6. The zero-order chi connectivity index (χ0) is 26.2. The Kier molecular flexibility index (Phi) is 6.35. The van der Waals surface area contributed by atoms with Crippen LogP contribution in [0.4, 0.5) is 27.8 Å². The summed E-state index contributed by atoms with van der Waals surface area (Å²) in [5.41, 5.74) is 8.68. The molecule has 0 spiro atoms. The molecule has 10 nitrogen and oxygen atoms in total. The number of ether oxygens (including phenoxy) is 1. The fraction of sp³-hybridized carbons (Fsp3) is 0.308. The topological polar surface area (TPSA) is 125 Å². The Morgan fingerprint density at radius 2 is 1.89 bits per heavy atom. The minimum absolute atomic E-state index is 0.235. The van der Waals surface area contributed by atoms with E-state index in [1.165, 1.54) is 16.0 Å². The maximum absolute atomic E-state index is 12.4. The zero-order valence-corrected chi connectivity index (χ0v) is 21.7. The molecule has 0 bridgehead atoms. The van der Waals surface area contributed by atoms with Crippen molar-refractivity contribution in [3.05, 3.63) is 54.1 Å². The molecule has 3 N–H and O–H groups in total. The van der Waals surface area contributed by atoms with E-state index in [9.17, 15) is 10.1 Å². The summed E-state index contributed by atoms with van der Waals surface area (Å²) in [5, 5.41) is 18.2. The van der Waals surface area contributed by atoms with Crippen LogP contribution in [0.5, 0.6) is 0 Å². The zero-order valence-electron chi connectivity index (χ0n) is 20.9. The second kappa shape index (κ2) is 9.63. The van der Waals surface area contributed by atoms with Crippen LogP contribution in [-0.2, 0) is 4.74 Å². The molecule has 1 aliphatic rings. The Bertz CT molecular complexity index is 1460. The van der Waals surface area contributed by atoms with Crippen LogP contribution in [0.1, 0.15) is 26.3 Å². The number of amides is 1. The van der Waals surface area contributed by atoms with Gasteiger partial charge in [0.15, 0.2) is 5.82 Å². The first-order valence-corrected chi connectivity index (χ1v) is 12.8. The Morgan fingerprint density at radius 1 is 1.14 bits per heavy atom. The van der Waals surface area contributed by atoms with Crippen molar-refractivity contribution in [2.75, 3.05) is 42.1 Å². The number of nitrogens with two attached hydrogens (primary N) is 1. The average Bonchev–Trinajstić information content (AvgIpc) is 3.43. The summed E-state index contributed by atoms with van der Waals surface area (Å²) in [4.78, 5) is 20.9. The minimum atomic E-state index is -0.514. The number of para-hydroxylation sites is 1. The number of rotatable bonds is 4. The highest BCUT2D eigenvalue weighted by molar-refractivity contribution is 7.20. The van der Waals surface area contributed by atoms with E-state index < -0.39 is 5.60 Å². The van der Waals surface area contributed by atoms with Crippen molar-refractivity contribution in [3.8, 4) is 11.2 Å². The number of aromatic nitrogens is 3. The summed E-state index contributed by atoms with van der Waals surface area (Å²) in [6.45, 7) is 8.13. The molecule has 11 heteroatoms. The van der Waals surface area contributed by atoms with Crippen LogP contribution < -0.4 is 16.0 Å². The lowest BCUT2D eigenvalue weighted by molar-refractivity contribution is 0.0240. The molecule has 0 atom stereocenters. The summed E-state index contributed by atoms with van der Waals surface area (Å²) in [5.74, 6) is 0.602. The number of hydrogen-bond acceptors (Lipinski definition) is 9. The number of carbonyl (C=O) groups is 1. The molecule has 1 fully saturated rings. The molecule has 0 radical (unpaired) electrons. The summed E-state index contributed by atoms with van der Waals surface area (Å²) in [6, 6.07) is 17.8. The molecule has 190 valence electrons. The molecular weight excluding hydrogens is 488 g/mol. The predicted octanol–water partition coefficient (Wildman–Crippen LogP) is 4.74. The van der Waals surface area contributed by atoms with Gasteiger partial charge < -0.3 is 25.6 Å². The van der Waals surface area contributed by atoms with E-state index in [-0.39, 0.29) is 17.5 Å². The lowest BCUT2D eigenvalue weighted by Gasteiger charge is -2.36. The van der Waals surface area contributed by atoms with Crippen molar-refractivity contribution >= 4 is 50.7 Å². The molecule has 0 saturated carbocycles. The van der Waals surface area contributed by atoms with Gasteiger partial charge >= 0.3 is 6.09 Å². The van der Waals surface area contributed by atoms with Gasteiger partial charge in [-0.25, -0.2) is 9.78 Å². The van der Waals surface area contributed by atoms with E-state index in [1.807, 2.05) is 69.3 Å². The van der Waals surface area contributed by atoms with Gasteiger partial charge in [-0.05, 0) is 51.1 Å². The maximum Gasteiger partial charge on any atom is 0.410 e. The van der Waals surface area contributed by atoms with Crippen LogP contribution in [0.3, 0.4) is 0 Å². The van der Waals surface area contributed by atoms with Gasteiger partial charge in [-0.2, -0.15) is 9.94 Å². The van der Waals surface area contributed by atoms with Crippen molar-refractivity contribution < 1.29 is 9.53 Å². The third kappa shape index (κ3) is 5.15. The molecule has 2 aromatic heterocycles. The lowest BCUT2D eigenvalue weighted by Crippen LogP contribution is -2.50. The third-order valence-electron chi connectivity index (χ3n) is 5.90. The number of anilines is 4. The smallest absolute Gasteiger partial charge is 0.410 e. The average molecular weight is 517 g/mol. The van der Waals surface area contributed by atoms with Gasteiger partial charge in [-0.1, -0.05) is 29.5 Å². The maximum atomic E-state index is 12.4. The van der Waals surface area contributed by atoms with Gasteiger partial charge in [0.05, 0.1) is 10.2 Å². The van der Waals surface area contributed by atoms with Crippen LogP contribution in [-0.4, -0.2) is 57.5 Å². The van der Waals surface area contributed by atoms with E-state index in [4.69, 9.17) is 10.5 Å². The van der Waals surface area contributed by atoms with E-state index in [0.29, 0.717) is 37.1 Å². The van der Waals surface area contributed by atoms with Crippen LogP contribution in [0, 0.1) is 11.3 Å². The Morgan fingerprint density at radius 3 is 2.59 bits per heavy atom. The molecule has 1 amide bonds. The summed E-state index contributed by atoms with van der Waals surface area (Å²) in [6.07, 6.45) is -0.284. The van der Waals surface area contributed by atoms with Crippen LogP contribution in [0.15, 0.2) is 48.5 Å². The first-order valence-electron chi connectivity index (χ1n) is 12.0. The fourth-order valence-electron chi connectivity index (χ4n) is 4.12. The molecule has 1 saturated heterocycles. The molecule has 3 heterocycles. The van der Waals surface area contributed by atoms with Gasteiger partial charge in [0.25, 0.3) is 0 Å². The Labute approximate surface area is 218 Å². The van der Waals surface area contributed by atoms with Gasteiger partial charge in [0.2, 0.25) is 5.13 Å². The Balaban J connectivity index is 1.32. The van der Waals surface area contributed by atoms with Crippen LogP contribution in [0.25, 0.3) is 15.3 Å². The minimum Gasteiger partial charge on any atom is -0.444 e. The van der Waals surface area contributed by atoms with Gasteiger partial charge in [-0.15, -0.1) is 5.10 Å². The molecular formula is C26H28N8O2S. The SMILES string of the molecule is CC(C)(C)OC(=O)N1CCN(c2cccc(Nc3nn(-c4nc5ccccc5s4)c(N)c3C#N)c2)CC1. The van der Waals surface area contributed by atoms with Crippen molar-refractivity contribution in [3.63, 3.8) is 0 Å². The molecule has 4 aromatic rings. The standard InChI is InChI=1S/C26H28N8O2S/c1-26(2,3)36-25(35)33-13-11-32(12-14-33)18-8-6-7-17(15-18)29-23-19(16-27)22(28)34(31-23)24-30-20-9-4-5-10-21(20)37-24/h4-10,15H,11-14,28H2,1-3H3,(H,29,31). The van der Waals surface area contributed by atoms with Crippen molar-refractivity contribution in [2.45, 2.75) is 26.4 Å². The third-order valence-corrected chi connectivity index (χ3v) is 6.91. The number of nitrogens with one attached hydrogen (secondary N) is 1. The highest BCUT2D eigenvalue weighted by Crippen LogP contribution is 2.32. The summed E-state index contributed by atoms with van der Waals surface area (Å²) < 4.78 is 8.01. The van der Waals surface area contributed by atoms with E-state index in [2.05, 4.69) is 26.4 Å². The number of piperazine rings is 1. The molecule has 5 rings (SSSR count). The highest BCUT2D eigenvalue weighted by atomic mass is 32.1. The van der Waals surface area contributed by atoms with Crippen molar-refractivity contribution in [1.82, 2.24) is 19.7 Å². The largest absolute Gasteiger partial charge is 0.444 e. The van der Waals surface area contributed by atoms with Gasteiger partial charge in [0, 0.05) is 37.6 Å². The predicted molar refractivity (Wildman–Crippen MR) is 146 cm³/mol. The number of hydrogen-bond donors (Lipinski definition) is 2. The molecule has 2 aromatic carbocycles. The molecule has 0 aliphatic carbocycles. The van der Waals surface area contributed by atoms with Crippen LogP contribution >= 0.6 is 11.3 Å². The first-order chi connectivity index (χ1) is 17.7. The van der Waals surface area contributed by atoms with Crippen molar-refractivity contribution in [1.29, 1.82) is 5.26 Å². The summed E-state index contributed by atoms with van der Waals surface area (Å²) >= 11 is 1.46. The van der Waals surface area contributed by atoms with E-state index >= 15 is 0 Å². The Hall–Kier alpha value is -4.30. The number of benzene rings is 2. The number of thiazole rings is 1. The number of carbonyl (C=O) groups excluding carboxylic acids is 1. The van der Waals surface area contributed by atoms with Crippen molar-refractivity contribution in [2.24, 2.45) is 0 Å². The summed E-state index contributed by atoms with van der Waals surface area (Å²) in [7, 11) is 0. The van der Waals surface area contributed by atoms with E-state index in [1.54, 1.807) is 4.90 Å². The van der Waals surface area contributed by atoms with E-state index in [0.717, 1.165) is 21.6 Å². The monoisotopic (exact) mass is 516 g/mol. The first kappa shape index (κ1) is 24.4. The molecule has 37 heavy (non-hydrogen) atoms. The van der Waals surface area contributed by atoms with Gasteiger partial charge in [0.1, 0.15) is 23.1 Å². The number of fused-ring (bicyclic) bond motifs is 1. The lowest BCUT2D eigenvalue weighted by atomic mass is 10.2. The second-order valence-corrected chi connectivity index (χ2v) is 10.7. The number of nitrogen functional groups attached to an aromatic ring is 1. The fourth-order valence-corrected chi connectivity index (χ4v) is 5.05. The number of nitriles is 1. The second-order valence-electron chi connectivity index (χ2n) is 9.73. The highest BCUT2D eigenvalue weighted by Gasteiger charge is 2.26. The quantitative estimate of drug-likeness (QED) is 0.399. The molecule has 1 aliphatic heterocycles. The normalized spacial score (nSPS) is 14.0. The van der Waals surface area contributed by atoms with Gasteiger partial charge in [-0.3, -0.25) is 0 Å². The molecule has 0 unspecified atom stereocenters.